The van der Waals surface area contributed by atoms with Crippen LogP contribution in [0.25, 0.3) is 10.1 Å². The smallest absolute Gasteiger partial charge is 0.224 e. The highest BCUT2D eigenvalue weighted by molar-refractivity contribution is 7.91. The topological polar surface area (TPSA) is 60.2 Å². The average molecular weight is 248 g/mol. The summed E-state index contributed by atoms with van der Waals surface area (Å²) in [4.78, 5) is 0. The van der Waals surface area contributed by atoms with E-state index in [-0.39, 0.29) is 4.21 Å². The van der Waals surface area contributed by atoms with Crippen molar-refractivity contribution < 1.29 is 8.42 Å². The van der Waals surface area contributed by atoms with E-state index < -0.39 is 10.0 Å². The van der Waals surface area contributed by atoms with Gasteiger partial charge in [0.2, 0.25) is 10.0 Å². The van der Waals surface area contributed by atoms with E-state index in [0.29, 0.717) is 5.02 Å². The molecule has 0 atom stereocenters. The number of fused-ring (bicyclic) bond motifs is 1. The Morgan fingerprint density at radius 2 is 2.00 bits per heavy atom. The Bertz CT molecular complexity index is 588. The molecule has 0 fully saturated rings. The number of nitrogens with two attached hydrogens (primary N) is 1. The predicted octanol–water partition coefficient (Wildman–Crippen LogP) is 2.20. The number of primary sulfonamides is 1. The van der Waals surface area contributed by atoms with Crippen LogP contribution in [0.15, 0.2) is 28.5 Å². The Hall–Kier alpha value is -0.620. The minimum Gasteiger partial charge on any atom is -0.224 e. The lowest BCUT2D eigenvalue weighted by Gasteiger charge is -1.88. The van der Waals surface area contributed by atoms with Gasteiger partial charge in [0.25, 0.3) is 0 Å². The van der Waals surface area contributed by atoms with Crippen molar-refractivity contribution in [1.82, 2.24) is 0 Å². The zero-order chi connectivity index (χ0) is 10.3. The van der Waals surface area contributed by atoms with Crippen molar-refractivity contribution in [3.05, 3.63) is 29.3 Å². The molecule has 0 bridgehead atoms. The van der Waals surface area contributed by atoms with Crippen LogP contribution >= 0.6 is 22.9 Å². The molecule has 0 unspecified atom stereocenters. The van der Waals surface area contributed by atoms with Crippen molar-refractivity contribution in [2.75, 3.05) is 0 Å². The number of sulfonamides is 1. The molecule has 3 nitrogen and oxygen atoms in total. The first kappa shape index (κ1) is 9.92. The van der Waals surface area contributed by atoms with Crippen LogP contribution in [-0.4, -0.2) is 8.42 Å². The molecule has 0 saturated heterocycles. The van der Waals surface area contributed by atoms with E-state index in [1.807, 2.05) is 0 Å². The van der Waals surface area contributed by atoms with Crippen LogP contribution in [0.1, 0.15) is 0 Å². The van der Waals surface area contributed by atoms with Crippen molar-refractivity contribution in [3.8, 4) is 0 Å². The Morgan fingerprint density at radius 1 is 1.29 bits per heavy atom. The third kappa shape index (κ3) is 1.76. The van der Waals surface area contributed by atoms with Gasteiger partial charge < -0.3 is 0 Å². The molecule has 2 aromatic rings. The lowest BCUT2D eigenvalue weighted by molar-refractivity contribution is 0.600. The van der Waals surface area contributed by atoms with Gasteiger partial charge in [0.1, 0.15) is 4.21 Å². The summed E-state index contributed by atoms with van der Waals surface area (Å²) in [6.45, 7) is 0. The highest BCUT2D eigenvalue weighted by Crippen LogP contribution is 2.30. The van der Waals surface area contributed by atoms with Crippen LogP contribution in [0.3, 0.4) is 0 Å². The normalized spacial score (nSPS) is 12.1. The summed E-state index contributed by atoms with van der Waals surface area (Å²) in [5, 5.41) is 6.43. The SMILES string of the molecule is NS(=O)(=O)c1cc2ccc(Cl)cc2s1. The quantitative estimate of drug-likeness (QED) is 0.840. The highest BCUT2D eigenvalue weighted by atomic mass is 35.5. The first-order valence-electron chi connectivity index (χ1n) is 3.69. The van der Waals surface area contributed by atoms with Crippen LogP contribution in [0.5, 0.6) is 0 Å². The molecule has 0 saturated carbocycles. The number of hydrogen-bond donors (Lipinski definition) is 1. The number of rotatable bonds is 1. The Labute approximate surface area is 90.2 Å². The zero-order valence-corrected chi connectivity index (χ0v) is 9.29. The number of hydrogen-bond acceptors (Lipinski definition) is 3. The van der Waals surface area contributed by atoms with Gasteiger partial charge in [-0.25, -0.2) is 13.6 Å². The summed E-state index contributed by atoms with van der Waals surface area (Å²) >= 11 is 6.89. The summed E-state index contributed by atoms with van der Waals surface area (Å²) in [6.07, 6.45) is 0. The van der Waals surface area contributed by atoms with Crippen LogP contribution in [0, 0.1) is 0 Å². The molecule has 0 spiro atoms. The molecule has 1 aromatic carbocycles. The van der Waals surface area contributed by atoms with Gasteiger partial charge in [0.15, 0.2) is 0 Å². The molecule has 0 amide bonds. The van der Waals surface area contributed by atoms with Gasteiger partial charge in [0, 0.05) is 9.72 Å². The summed E-state index contributed by atoms with van der Waals surface area (Å²) in [5.41, 5.74) is 0. The fourth-order valence-electron chi connectivity index (χ4n) is 1.12. The van der Waals surface area contributed by atoms with E-state index in [0.717, 1.165) is 21.4 Å². The maximum atomic E-state index is 11.0. The van der Waals surface area contributed by atoms with Crippen molar-refractivity contribution in [1.29, 1.82) is 0 Å². The number of benzene rings is 1. The van der Waals surface area contributed by atoms with E-state index >= 15 is 0 Å². The van der Waals surface area contributed by atoms with Crippen LogP contribution in [0.2, 0.25) is 5.02 Å². The number of halogens is 1. The summed E-state index contributed by atoms with van der Waals surface area (Å²) in [5.74, 6) is 0. The second-order valence-corrected chi connectivity index (χ2v) is 6.10. The lowest BCUT2D eigenvalue weighted by atomic mass is 10.3. The first-order valence-corrected chi connectivity index (χ1v) is 6.43. The fourth-order valence-corrected chi connectivity index (χ4v) is 3.22. The molecule has 0 aliphatic heterocycles. The molecular weight excluding hydrogens is 242 g/mol. The Balaban J connectivity index is 2.75. The van der Waals surface area contributed by atoms with Gasteiger partial charge in [-0.05, 0) is 23.6 Å². The largest absolute Gasteiger partial charge is 0.247 e. The van der Waals surface area contributed by atoms with Gasteiger partial charge in [-0.15, -0.1) is 11.3 Å². The molecule has 0 aliphatic carbocycles. The van der Waals surface area contributed by atoms with Crippen LogP contribution < -0.4 is 5.14 Å². The third-order valence-electron chi connectivity index (χ3n) is 1.74. The molecule has 1 heterocycles. The van der Waals surface area contributed by atoms with E-state index in [2.05, 4.69) is 0 Å². The van der Waals surface area contributed by atoms with Gasteiger partial charge in [-0.2, -0.15) is 0 Å². The van der Waals surface area contributed by atoms with E-state index in [9.17, 15) is 8.42 Å². The molecule has 14 heavy (non-hydrogen) atoms. The van der Waals surface area contributed by atoms with E-state index in [1.165, 1.54) is 0 Å². The second kappa shape index (κ2) is 3.20. The zero-order valence-electron chi connectivity index (χ0n) is 6.90. The Kier molecular flexibility index (Phi) is 2.27. The summed E-state index contributed by atoms with van der Waals surface area (Å²) in [6, 6.07) is 6.74. The average Bonchev–Trinajstić information content (AvgIpc) is 2.45. The summed E-state index contributed by atoms with van der Waals surface area (Å²) in [7, 11) is -3.60. The molecule has 0 radical (unpaired) electrons. The maximum absolute atomic E-state index is 11.0. The van der Waals surface area contributed by atoms with Crippen molar-refractivity contribution in [2.45, 2.75) is 4.21 Å². The van der Waals surface area contributed by atoms with E-state index in [1.54, 1.807) is 24.3 Å². The third-order valence-corrected chi connectivity index (χ3v) is 4.49. The standard InChI is InChI=1S/C8H6ClNO2S2/c9-6-2-1-5-3-8(14(10,11)12)13-7(5)4-6/h1-4H,(H2,10,11,12). The monoisotopic (exact) mass is 247 g/mol. The predicted molar refractivity (Wildman–Crippen MR) is 58.2 cm³/mol. The van der Waals surface area contributed by atoms with Gasteiger partial charge in [-0.3, -0.25) is 0 Å². The number of thiophene rings is 1. The summed E-state index contributed by atoms with van der Waals surface area (Å²) < 4.78 is 23.1. The van der Waals surface area contributed by atoms with Crippen molar-refractivity contribution in [2.24, 2.45) is 5.14 Å². The molecule has 6 heteroatoms. The van der Waals surface area contributed by atoms with Gasteiger partial charge in [-0.1, -0.05) is 17.7 Å². The highest BCUT2D eigenvalue weighted by Gasteiger charge is 2.11. The molecule has 2 N–H and O–H groups in total. The van der Waals surface area contributed by atoms with Crippen molar-refractivity contribution in [3.63, 3.8) is 0 Å². The minimum atomic E-state index is -3.60. The fraction of sp³-hybridized carbons (Fsp3) is 0. The van der Waals surface area contributed by atoms with Crippen LogP contribution in [-0.2, 0) is 10.0 Å². The molecule has 2 rings (SSSR count). The first-order chi connectivity index (χ1) is 6.47. The van der Waals surface area contributed by atoms with Gasteiger partial charge >= 0.3 is 0 Å². The molecule has 74 valence electrons. The molecular formula is C8H6ClNO2S2. The minimum absolute atomic E-state index is 0.162. The lowest BCUT2D eigenvalue weighted by Crippen LogP contribution is -2.09. The Morgan fingerprint density at radius 3 is 2.64 bits per heavy atom. The van der Waals surface area contributed by atoms with E-state index in [4.69, 9.17) is 16.7 Å². The maximum Gasteiger partial charge on any atom is 0.247 e. The molecule has 0 aliphatic rings. The van der Waals surface area contributed by atoms with Crippen LogP contribution in [0.4, 0.5) is 0 Å². The molecule has 1 aromatic heterocycles. The van der Waals surface area contributed by atoms with Crippen molar-refractivity contribution >= 4 is 43.0 Å². The van der Waals surface area contributed by atoms with Gasteiger partial charge in [0.05, 0.1) is 0 Å². The second-order valence-electron chi connectivity index (χ2n) is 2.79.